The molecule has 0 aliphatic heterocycles. The van der Waals surface area contributed by atoms with Crippen LogP contribution in [0.2, 0.25) is 0 Å². The first-order chi connectivity index (χ1) is 13.6. The van der Waals surface area contributed by atoms with Crippen molar-refractivity contribution in [3.05, 3.63) is 102 Å². The summed E-state index contributed by atoms with van der Waals surface area (Å²) in [7, 11) is 0. The molecular weight excluding hydrogens is 555 g/mol. The second kappa shape index (κ2) is 8.98. The van der Waals surface area contributed by atoms with Gasteiger partial charge < -0.3 is 12.6 Å². The van der Waals surface area contributed by atoms with Crippen LogP contribution in [-0.2, 0) is 39.1 Å². The zero-order valence-electron chi connectivity index (χ0n) is 16.2. The number of nitrogens with zero attached hydrogens (tertiary/aromatic N) is 2. The van der Waals surface area contributed by atoms with E-state index in [-0.39, 0.29) is 26.5 Å². The summed E-state index contributed by atoms with van der Waals surface area (Å²) in [6.45, 7) is 4.37. The number of rotatable bonds is 4. The van der Waals surface area contributed by atoms with Gasteiger partial charge in [0.2, 0.25) is 0 Å². The van der Waals surface area contributed by atoms with E-state index < -0.39 is 0 Å². The van der Waals surface area contributed by atoms with Gasteiger partial charge in [-0.3, -0.25) is 9.97 Å². The van der Waals surface area contributed by atoms with Crippen molar-refractivity contribution >= 4 is 12.6 Å². The van der Waals surface area contributed by atoms with Gasteiger partial charge >= 0.3 is 21.1 Å². The van der Waals surface area contributed by atoms with Gasteiger partial charge in [-0.15, -0.1) is 35.4 Å². The maximum atomic E-state index is 5.56. The quantitative estimate of drug-likeness (QED) is 0.226. The fourth-order valence-electron chi connectivity index (χ4n) is 3.35. The fourth-order valence-corrected chi connectivity index (χ4v) is 3.75. The third kappa shape index (κ3) is 4.47. The summed E-state index contributed by atoms with van der Waals surface area (Å²) in [4.78, 5) is 10.1. The average molecular weight is 576 g/mol. The van der Waals surface area contributed by atoms with Gasteiger partial charge in [-0.2, -0.15) is 4.90 Å². The molecule has 29 heavy (non-hydrogen) atoms. The van der Waals surface area contributed by atoms with Crippen LogP contribution in [0.4, 0.5) is 0 Å². The van der Waals surface area contributed by atoms with E-state index in [1.807, 2.05) is 60.7 Å². The van der Waals surface area contributed by atoms with Gasteiger partial charge in [0.15, 0.2) is 0 Å². The molecule has 0 amide bonds. The molecule has 4 rings (SSSR count). The van der Waals surface area contributed by atoms with Gasteiger partial charge in [0.25, 0.3) is 0 Å². The molecule has 0 aliphatic carbocycles. The van der Waals surface area contributed by atoms with Crippen LogP contribution in [0.15, 0.2) is 90.0 Å². The van der Waals surface area contributed by atoms with Crippen LogP contribution in [0.25, 0.3) is 22.6 Å². The standard InChI is InChI=1S/C25H21N2S.Pt/c1-25(2,20-11-3-4-15-24(20)28)19-10-7-9-18(17-19)21-13-8-14-23(27-21)22-12-5-6-16-26-22;/h3-16,28H,1-2H3;/q-1;+2/p-1. The molecule has 0 spiro atoms. The summed E-state index contributed by atoms with van der Waals surface area (Å²) in [5.74, 6) is 0. The predicted molar refractivity (Wildman–Crippen MR) is 116 cm³/mol. The fraction of sp³-hybridized carbons (Fsp3) is 0.120. The molecular formula is C25H20N2PtS. The molecule has 0 saturated heterocycles. The molecule has 2 nitrogen and oxygen atoms in total. The third-order valence-electron chi connectivity index (χ3n) is 4.98. The molecule has 0 atom stereocenters. The van der Waals surface area contributed by atoms with Crippen molar-refractivity contribution in [3.63, 3.8) is 0 Å². The Hall–Kier alpha value is -2.35. The van der Waals surface area contributed by atoms with Crippen molar-refractivity contribution in [2.75, 3.05) is 0 Å². The summed E-state index contributed by atoms with van der Waals surface area (Å²) >= 11 is 5.56. The first-order valence-electron chi connectivity index (χ1n) is 9.24. The van der Waals surface area contributed by atoms with Crippen molar-refractivity contribution in [1.82, 2.24) is 9.97 Å². The Bertz CT molecular complexity index is 1110. The normalized spacial score (nSPS) is 11.0. The average Bonchev–Trinajstić information content (AvgIpc) is 2.75. The first-order valence-corrected chi connectivity index (χ1v) is 9.65. The van der Waals surface area contributed by atoms with E-state index in [0.29, 0.717) is 0 Å². The summed E-state index contributed by atoms with van der Waals surface area (Å²) in [5.41, 5.74) is 5.54. The van der Waals surface area contributed by atoms with Crippen molar-refractivity contribution in [1.29, 1.82) is 0 Å². The van der Waals surface area contributed by atoms with Gasteiger partial charge in [-0.1, -0.05) is 61.9 Å². The van der Waals surface area contributed by atoms with Gasteiger partial charge in [-0.25, -0.2) is 0 Å². The first kappa shape index (κ1) is 21.4. The Morgan fingerprint density at radius 2 is 1.45 bits per heavy atom. The molecule has 4 heteroatoms. The molecule has 4 aromatic rings. The summed E-state index contributed by atoms with van der Waals surface area (Å²) in [6.07, 6.45) is 1.78. The molecule has 0 N–H and O–H groups in total. The predicted octanol–water partition coefficient (Wildman–Crippen LogP) is 5.84. The smallest absolute Gasteiger partial charge is 0.779 e. The molecule has 0 fully saturated rings. The van der Waals surface area contributed by atoms with E-state index in [4.69, 9.17) is 17.6 Å². The molecule has 2 heterocycles. The van der Waals surface area contributed by atoms with Gasteiger partial charge in [0, 0.05) is 6.20 Å². The van der Waals surface area contributed by atoms with E-state index in [1.54, 1.807) is 6.20 Å². The van der Waals surface area contributed by atoms with E-state index in [2.05, 4.69) is 43.1 Å². The maximum Gasteiger partial charge on any atom is 2.00 e. The Balaban J connectivity index is 0.00000240. The van der Waals surface area contributed by atoms with Crippen LogP contribution in [-0.4, -0.2) is 9.97 Å². The Kier molecular flexibility index (Phi) is 6.62. The maximum absolute atomic E-state index is 5.56. The Morgan fingerprint density at radius 1 is 0.759 bits per heavy atom. The van der Waals surface area contributed by atoms with E-state index in [9.17, 15) is 0 Å². The van der Waals surface area contributed by atoms with E-state index >= 15 is 0 Å². The summed E-state index contributed by atoms with van der Waals surface area (Å²) in [5, 5.41) is 0. The molecule has 0 unspecified atom stereocenters. The van der Waals surface area contributed by atoms with Crippen LogP contribution in [0, 0.1) is 6.07 Å². The van der Waals surface area contributed by atoms with Crippen LogP contribution in [0.5, 0.6) is 0 Å². The topological polar surface area (TPSA) is 25.8 Å². The number of benzene rings is 2. The van der Waals surface area contributed by atoms with Crippen molar-refractivity contribution in [2.24, 2.45) is 0 Å². The van der Waals surface area contributed by atoms with E-state index in [1.165, 1.54) is 0 Å². The second-order valence-corrected chi connectivity index (χ2v) is 7.66. The van der Waals surface area contributed by atoms with Crippen molar-refractivity contribution < 1.29 is 21.1 Å². The zero-order valence-corrected chi connectivity index (χ0v) is 19.3. The molecule has 0 aliphatic rings. The number of pyridine rings is 2. The molecule has 146 valence electrons. The Labute approximate surface area is 192 Å². The zero-order chi connectivity index (χ0) is 19.6. The SMILES string of the molecule is CC(C)(c1[c-]c(-c2cccc(-c3ccccn3)n2)ccc1)c1ccccc1[S-].[Pt+2]. The monoisotopic (exact) mass is 575 g/mol. The van der Waals surface area contributed by atoms with Crippen molar-refractivity contribution in [3.8, 4) is 22.6 Å². The largest absolute Gasteiger partial charge is 2.00 e. The summed E-state index contributed by atoms with van der Waals surface area (Å²) in [6, 6.07) is 29.7. The van der Waals surface area contributed by atoms with Crippen LogP contribution in [0.3, 0.4) is 0 Å². The Morgan fingerprint density at radius 3 is 2.21 bits per heavy atom. The minimum absolute atomic E-state index is 0. The number of hydrogen-bond acceptors (Lipinski definition) is 3. The van der Waals surface area contributed by atoms with Gasteiger partial charge in [0.05, 0.1) is 11.4 Å². The third-order valence-corrected chi connectivity index (χ3v) is 5.34. The van der Waals surface area contributed by atoms with Crippen molar-refractivity contribution in [2.45, 2.75) is 24.2 Å². The molecule has 2 aromatic carbocycles. The van der Waals surface area contributed by atoms with Crippen LogP contribution in [0.1, 0.15) is 25.0 Å². The second-order valence-electron chi connectivity index (χ2n) is 7.22. The number of aromatic nitrogens is 2. The summed E-state index contributed by atoms with van der Waals surface area (Å²) < 4.78 is 0. The molecule has 0 saturated carbocycles. The van der Waals surface area contributed by atoms with Gasteiger partial charge in [0.1, 0.15) is 0 Å². The van der Waals surface area contributed by atoms with Crippen LogP contribution < -0.4 is 0 Å². The number of hydrogen-bond donors (Lipinski definition) is 0. The van der Waals surface area contributed by atoms with E-state index in [0.717, 1.165) is 38.7 Å². The minimum Gasteiger partial charge on any atom is -0.779 e. The minimum atomic E-state index is -0.243. The molecule has 2 aromatic heterocycles. The molecule has 0 bridgehead atoms. The van der Waals surface area contributed by atoms with Crippen LogP contribution >= 0.6 is 0 Å². The van der Waals surface area contributed by atoms with Gasteiger partial charge in [-0.05, 0) is 29.3 Å². The molecule has 0 radical (unpaired) electrons.